The summed E-state index contributed by atoms with van der Waals surface area (Å²) in [6, 6.07) is 19.4. The van der Waals surface area contributed by atoms with E-state index < -0.39 is 0 Å². The normalized spacial score (nSPS) is 12.1. The van der Waals surface area contributed by atoms with Gasteiger partial charge in [0, 0.05) is 0 Å². The lowest BCUT2D eigenvalue weighted by Crippen LogP contribution is -2.03. The van der Waals surface area contributed by atoms with Gasteiger partial charge in [0.1, 0.15) is 6.10 Å². The highest BCUT2D eigenvalue weighted by atomic mass is 17.2. The standard InChI is InChI=1S/C14H14O2/c1-12(13-8-4-2-5-9-13)15-16-14-10-6-3-7-11-14/h2-12H,1H3. The van der Waals surface area contributed by atoms with E-state index in [1.54, 1.807) is 0 Å². The van der Waals surface area contributed by atoms with E-state index in [9.17, 15) is 0 Å². The molecule has 2 aromatic rings. The predicted molar refractivity (Wildman–Crippen MR) is 63.0 cm³/mol. The van der Waals surface area contributed by atoms with Crippen LogP contribution in [0.3, 0.4) is 0 Å². The second-order valence-corrected chi connectivity index (χ2v) is 3.55. The first-order valence-electron chi connectivity index (χ1n) is 5.29. The van der Waals surface area contributed by atoms with E-state index in [1.807, 2.05) is 67.6 Å². The van der Waals surface area contributed by atoms with Gasteiger partial charge in [-0.25, -0.2) is 0 Å². The summed E-state index contributed by atoms with van der Waals surface area (Å²) in [6.07, 6.45) is -0.0820. The predicted octanol–water partition coefficient (Wildman–Crippen LogP) is 3.76. The minimum absolute atomic E-state index is 0.0820. The fourth-order valence-corrected chi connectivity index (χ4v) is 1.38. The Morgan fingerprint density at radius 3 is 2.00 bits per heavy atom. The van der Waals surface area contributed by atoms with E-state index in [0.717, 1.165) is 5.56 Å². The molecular weight excluding hydrogens is 200 g/mol. The average molecular weight is 214 g/mol. The van der Waals surface area contributed by atoms with Gasteiger partial charge < -0.3 is 4.89 Å². The van der Waals surface area contributed by atoms with Crippen LogP contribution in [0, 0.1) is 0 Å². The molecule has 0 bridgehead atoms. The first kappa shape index (κ1) is 10.7. The van der Waals surface area contributed by atoms with Gasteiger partial charge in [-0.2, -0.15) is 4.89 Å². The molecular formula is C14H14O2. The van der Waals surface area contributed by atoms with Crippen LogP contribution in [-0.2, 0) is 4.89 Å². The van der Waals surface area contributed by atoms with Crippen molar-refractivity contribution < 1.29 is 9.78 Å². The highest BCUT2D eigenvalue weighted by Crippen LogP contribution is 2.18. The van der Waals surface area contributed by atoms with Gasteiger partial charge in [0.25, 0.3) is 0 Å². The number of rotatable bonds is 4. The second-order valence-electron chi connectivity index (χ2n) is 3.55. The van der Waals surface area contributed by atoms with Crippen molar-refractivity contribution in [3.05, 3.63) is 66.2 Å². The van der Waals surface area contributed by atoms with Crippen molar-refractivity contribution in [1.29, 1.82) is 0 Å². The van der Waals surface area contributed by atoms with Gasteiger partial charge in [-0.1, -0.05) is 48.5 Å². The van der Waals surface area contributed by atoms with Crippen molar-refractivity contribution in [2.75, 3.05) is 0 Å². The summed E-state index contributed by atoms with van der Waals surface area (Å²) >= 11 is 0. The van der Waals surface area contributed by atoms with Crippen LogP contribution < -0.4 is 4.89 Å². The number of hydrogen-bond donors (Lipinski definition) is 0. The third-order valence-corrected chi connectivity index (χ3v) is 2.30. The van der Waals surface area contributed by atoms with Crippen molar-refractivity contribution in [3.63, 3.8) is 0 Å². The average Bonchev–Trinajstić information content (AvgIpc) is 2.38. The molecule has 0 aromatic heterocycles. The fourth-order valence-electron chi connectivity index (χ4n) is 1.38. The summed E-state index contributed by atoms with van der Waals surface area (Å²) in [5.41, 5.74) is 1.10. The summed E-state index contributed by atoms with van der Waals surface area (Å²) in [4.78, 5) is 10.5. The summed E-state index contributed by atoms with van der Waals surface area (Å²) in [5.74, 6) is 0.713. The topological polar surface area (TPSA) is 18.5 Å². The van der Waals surface area contributed by atoms with Crippen molar-refractivity contribution in [2.24, 2.45) is 0 Å². The van der Waals surface area contributed by atoms with E-state index in [-0.39, 0.29) is 6.10 Å². The molecule has 0 aliphatic heterocycles. The van der Waals surface area contributed by atoms with E-state index in [2.05, 4.69) is 0 Å². The Morgan fingerprint density at radius 2 is 1.38 bits per heavy atom. The van der Waals surface area contributed by atoms with Crippen LogP contribution in [0.15, 0.2) is 60.7 Å². The molecule has 0 radical (unpaired) electrons. The Balaban J connectivity index is 1.92. The molecule has 2 rings (SSSR count). The molecule has 0 fully saturated rings. The Hall–Kier alpha value is -1.80. The molecule has 1 unspecified atom stereocenters. The Kier molecular flexibility index (Phi) is 3.57. The Bertz CT molecular complexity index is 411. The van der Waals surface area contributed by atoms with Gasteiger partial charge in [0.05, 0.1) is 0 Å². The SMILES string of the molecule is CC(OOc1ccccc1)c1ccccc1. The third kappa shape index (κ3) is 2.84. The molecule has 2 heteroatoms. The van der Waals surface area contributed by atoms with Gasteiger partial charge >= 0.3 is 0 Å². The minimum atomic E-state index is -0.0820. The molecule has 1 atom stereocenters. The summed E-state index contributed by atoms with van der Waals surface area (Å²) in [5, 5.41) is 0. The zero-order valence-electron chi connectivity index (χ0n) is 9.17. The Labute approximate surface area is 95.4 Å². The maximum Gasteiger partial charge on any atom is 0.165 e. The number of hydrogen-bond acceptors (Lipinski definition) is 2. The van der Waals surface area contributed by atoms with E-state index in [1.165, 1.54) is 0 Å². The van der Waals surface area contributed by atoms with Gasteiger partial charge in [-0.15, -0.1) is 0 Å². The molecule has 0 N–H and O–H groups in total. The van der Waals surface area contributed by atoms with Gasteiger partial charge in [0.15, 0.2) is 5.75 Å². The molecule has 0 saturated heterocycles. The lowest BCUT2D eigenvalue weighted by Gasteiger charge is -2.12. The molecule has 0 spiro atoms. The quantitative estimate of drug-likeness (QED) is 0.570. The molecule has 2 aromatic carbocycles. The fraction of sp³-hybridized carbons (Fsp3) is 0.143. The smallest absolute Gasteiger partial charge is 0.165 e. The van der Waals surface area contributed by atoms with E-state index in [0.29, 0.717) is 5.75 Å². The molecule has 82 valence electrons. The maximum absolute atomic E-state index is 5.31. The summed E-state index contributed by atoms with van der Waals surface area (Å²) < 4.78 is 0. The lowest BCUT2D eigenvalue weighted by molar-refractivity contribution is -0.242. The van der Waals surface area contributed by atoms with Crippen LogP contribution in [0.4, 0.5) is 0 Å². The van der Waals surface area contributed by atoms with Gasteiger partial charge in [-0.05, 0) is 24.6 Å². The van der Waals surface area contributed by atoms with E-state index in [4.69, 9.17) is 9.78 Å². The summed E-state index contributed by atoms with van der Waals surface area (Å²) in [7, 11) is 0. The minimum Gasteiger partial charge on any atom is -0.337 e. The zero-order valence-corrected chi connectivity index (χ0v) is 9.17. The largest absolute Gasteiger partial charge is 0.337 e. The van der Waals surface area contributed by atoms with Crippen LogP contribution in [0.1, 0.15) is 18.6 Å². The first-order chi connectivity index (χ1) is 7.86. The highest BCUT2D eigenvalue weighted by molar-refractivity contribution is 5.20. The lowest BCUT2D eigenvalue weighted by atomic mass is 10.1. The molecule has 0 amide bonds. The highest BCUT2D eigenvalue weighted by Gasteiger charge is 2.06. The van der Waals surface area contributed by atoms with Crippen LogP contribution >= 0.6 is 0 Å². The molecule has 0 aliphatic carbocycles. The number of benzene rings is 2. The van der Waals surface area contributed by atoms with Crippen molar-refractivity contribution in [2.45, 2.75) is 13.0 Å². The maximum atomic E-state index is 5.31. The van der Waals surface area contributed by atoms with Crippen LogP contribution in [0.25, 0.3) is 0 Å². The Morgan fingerprint density at radius 1 is 0.812 bits per heavy atom. The second kappa shape index (κ2) is 5.33. The van der Waals surface area contributed by atoms with Crippen molar-refractivity contribution in [1.82, 2.24) is 0 Å². The van der Waals surface area contributed by atoms with E-state index >= 15 is 0 Å². The van der Waals surface area contributed by atoms with Crippen LogP contribution in [0.2, 0.25) is 0 Å². The summed E-state index contributed by atoms with van der Waals surface area (Å²) in [6.45, 7) is 1.96. The monoisotopic (exact) mass is 214 g/mol. The molecule has 2 nitrogen and oxygen atoms in total. The van der Waals surface area contributed by atoms with Crippen molar-refractivity contribution >= 4 is 0 Å². The van der Waals surface area contributed by atoms with Crippen LogP contribution in [0.5, 0.6) is 5.75 Å². The molecule has 0 aliphatic rings. The number of para-hydroxylation sites is 1. The molecule has 0 heterocycles. The zero-order chi connectivity index (χ0) is 11.2. The van der Waals surface area contributed by atoms with Crippen LogP contribution in [-0.4, -0.2) is 0 Å². The van der Waals surface area contributed by atoms with Gasteiger partial charge in [-0.3, -0.25) is 0 Å². The van der Waals surface area contributed by atoms with Gasteiger partial charge in [0.2, 0.25) is 0 Å². The molecule has 16 heavy (non-hydrogen) atoms. The third-order valence-electron chi connectivity index (χ3n) is 2.30. The molecule has 0 saturated carbocycles. The first-order valence-corrected chi connectivity index (χ1v) is 5.29. The van der Waals surface area contributed by atoms with Crippen molar-refractivity contribution in [3.8, 4) is 5.75 Å².